The lowest BCUT2D eigenvalue weighted by Gasteiger charge is -2.20. The average molecular weight is 193 g/mol. The van der Waals surface area contributed by atoms with E-state index in [0.29, 0.717) is 0 Å². The van der Waals surface area contributed by atoms with Crippen LogP contribution >= 0.6 is 0 Å². The van der Waals surface area contributed by atoms with Gasteiger partial charge in [-0.25, -0.2) is 0 Å². The summed E-state index contributed by atoms with van der Waals surface area (Å²) in [6, 6.07) is 8.43. The van der Waals surface area contributed by atoms with Crippen molar-refractivity contribution in [3.63, 3.8) is 0 Å². The summed E-state index contributed by atoms with van der Waals surface area (Å²) in [5.41, 5.74) is 2.48. The summed E-state index contributed by atoms with van der Waals surface area (Å²) < 4.78 is 0. The van der Waals surface area contributed by atoms with Gasteiger partial charge in [-0.1, -0.05) is 17.7 Å². The van der Waals surface area contributed by atoms with Crippen LogP contribution in [0.2, 0.25) is 0 Å². The van der Waals surface area contributed by atoms with Gasteiger partial charge in [0.15, 0.2) is 0 Å². The highest BCUT2D eigenvalue weighted by Gasteiger charge is 2.02. The molecule has 1 unspecified atom stereocenters. The highest BCUT2D eigenvalue weighted by atomic mass is 16.3. The van der Waals surface area contributed by atoms with Crippen LogP contribution in [-0.2, 0) is 0 Å². The van der Waals surface area contributed by atoms with Crippen molar-refractivity contribution in [3.05, 3.63) is 29.8 Å². The average Bonchev–Trinajstić information content (AvgIpc) is 2.15. The van der Waals surface area contributed by atoms with E-state index < -0.39 is 0 Å². The largest absolute Gasteiger partial charge is 0.393 e. The summed E-state index contributed by atoms with van der Waals surface area (Å²) in [5.74, 6) is 0. The van der Waals surface area contributed by atoms with Crippen LogP contribution in [0.15, 0.2) is 24.3 Å². The van der Waals surface area contributed by atoms with Gasteiger partial charge in [0, 0.05) is 19.3 Å². The van der Waals surface area contributed by atoms with E-state index in [2.05, 4.69) is 36.1 Å². The zero-order chi connectivity index (χ0) is 10.6. The van der Waals surface area contributed by atoms with Crippen LogP contribution in [0.25, 0.3) is 0 Å². The first-order valence-corrected chi connectivity index (χ1v) is 5.05. The van der Waals surface area contributed by atoms with Crippen LogP contribution in [0.1, 0.15) is 18.9 Å². The van der Waals surface area contributed by atoms with E-state index in [1.165, 1.54) is 11.3 Å². The number of aliphatic hydroxyl groups excluding tert-OH is 1. The Morgan fingerprint density at radius 3 is 2.36 bits per heavy atom. The SMILES string of the molecule is Cc1ccc(N(C)CCC(C)O)cc1. The fourth-order valence-electron chi connectivity index (χ4n) is 1.31. The van der Waals surface area contributed by atoms with Gasteiger partial charge in [-0.3, -0.25) is 0 Å². The second kappa shape index (κ2) is 5.01. The van der Waals surface area contributed by atoms with E-state index in [0.717, 1.165) is 13.0 Å². The summed E-state index contributed by atoms with van der Waals surface area (Å²) in [5, 5.41) is 9.17. The van der Waals surface area contributed by atoms with Gasteiger partial charge in [0.2, 0.25) is 0 Å². The molecular formula is C12H19NO. The van der Waals surface area contributed by atoms with Crippen molar-refractivity contribution in [2.75, 3.05) is 18.5 Å². The van der Waals surface area contributed by atoms with Crippen molar-refractivity contribution in [2.45, 2.75) is 26.4 Å². The first-order chi connectivity index (χ1) is 6.59. The molecule has 0 radical (unpaired) electrons. The molecular weight excluding hydrogens is 174 g/mol. The molecule has 14 heavy (non-hydrogen) atoms. The standard InChI is InChI=1S/C12H19NO/c1-10-4-6-12(7-5-10)13(3)9-8-11(2)14/h4-7,11,14H,8-9H2,1-3H3. The minimum Gasteiger partial charge on any atom is -0.393 e. The van der Waals surface area contributed by atoms with E-state index in [1.54, 1.807) is 0 Å². The van der Waals surface area contributed by atoms with Crippen LogP contribution in [0, 0.1) is 6.92 Å². The molecule has 0 bridgehead atoms. The third-order valence-electron chi connectivity index (χ3n) is 2.36. The fourth-order valence-corrected chi connectivity index (χ4v) is 1.31. The van der Waals surface area contributed by atoms with Crippen LogP contribution in [0.3, 0.4) is 0 Å². The molecule has 1 atom stereocenters. The van der Waals surface area contributed by atoms with Crippen LogP contribution in [-0.4, -0.2) is 24.8 Å². The number of nitrogens with zero attached hydrogens (tertiary/aromatic N) is 1. The summed E-state index contributed by atoms with van der Waals surface area (Å²) in [7, 11) is 2.05. The van der Waals surface area contributed by atoms with Gasteiger partial charge in [-0.15, -0.1) is 0 Å². The molecule has 0 aromatic heterocycles. The normalized spacial score (nSPS) is 12.6. The van der Waals surface area contributed by atoms with E-state index >= 15 is 0 Å². The second-order valence-electron chi connectivity index (χ2n) is 3.89. The van der Waals surface area contributed by atoms with Crippen molar-refractivity contribution in [1.29, 1.82) is 0 Å². The number of aryl methyl sites for hydroxylation is 1. The molecule has 0 aliphatic heterocycles. The molecule has 1 N–H and O–H groups in total. The molecule has 1 rings (SSSR count). The predicted molar refractivity (Wildman–Crippen MR) is 60.7 cm³/mol. The Labute approximate surface area is 86.2 Å². The van der Waals surface area contributed by atoms with Gasteiger partial charge in [0.25, 0.3) is 0 Å². The molecule has 1 aromatic rings. The summed E-state index contributed by atoms with van der Waals surface area (Å²) in [6.07, 6.45) is 0.590. The van der Waals surface area contributed by atoms with E-state index in [4.69, 9.17) is 5.11 Å². The zero-order valence-corrected chi connectivity index (χ0v) is 9.20. The minimum atomic E-state index is -0.220. The first kappa shape index (κ1) is 11.1. The number of hydrogen-bond donors (Lipinski definition) is 1. The summed E-state index contributed by atoms with van der Waals surface area (Å²) in [6.45, 7) is 4.79. The first-order valence-electron chi connectivity index (χ1n) is 5.05. The van der Waals surface area contributed by atoms with Gasteiger partial charge >= 0.3 is 0 Å². The molecule has 2 heteroatoms. The molecule has 1 aromatic carbocycles. The van der Waals surface area contributed by atoms with Gasteiger partial charge in [-0.2, -0.15) is 0 Å². The fraction of sp³-hybridized carbons (Fsp3) is 0.500. The lowest BCUT2D eigenvalue weighted by molar-refractivity contribution is 0.187. The van der Waals surface area contributed by atoms with Crippen molar-refractivity contribution >= 4 is 5.69 Å². The van der Waals surface area contributed by atoms with Crippen molar-refractivity contribution in [2.24, 2.45) is 0 Å². The Morgan fingerprint density at radius 1 is 1.29 bits per heavy atom. The highest BCUT2D eigenvalue weighted by molar-refractivity contribution is 5.46. The quantitative estimate of drug-likeness (QED) is 0.792. The van der Waals surface area contributed by atoms with Gasteiger partial charge < -0.3 is 10.0 Å². The highest BCUT2D eigenvalue weighted by Crippen LogP contribution is 2.13. The Balaban J connectivity index is 2.52. The Kier molecular flexibility index (Phi) is 3.96. The third kappa shape index (κ3) is 3.38. The summed E-state index contributed by atoms with van der Waals surface area (Å²) >= 11 is 0. The molecule has 78 valence electrons. The number of aliphatic hydroxyl groups is 1. The van der Waals surface area contributed by atoms with Gasteiger partial charge in [0.05, 0.1) is 6.10 Å². The maximum Gasteiger partial charge on any atom is 0.0528 e. The van der Waals surface area contributed by atoms with E-state index in [-0.39, 0.29) is 6.10 Å². The van der Waals surface area contributed by atoms with Gasteiger partial charge in [0.1, 0.15) is 0 Å². The Bertz CT molecular complexity index is 266. The molecule has 0 heterocycles. The lowest BCUT2D eigenvalue weighted by atomic mass is 10.2. The molecule has 0 saturated carbocycles. The molecule has 0 fully saturated rings. The molecule has 0 spiro atoms. The number of rotatable bonds is 4. The zero-order valence-electron chi connectivity index (χ0n) is 9.20. The van der Waals surface area contributed by atoms with Crippen molar-refractivity contribution in [1.82, 2.24) is 0 Å². The number of hydrogen-bond acceptors (Lipinski definition) is 2. The molecule has 0 amide bonds. The van der Waals surface area contributed by atoms with Crippen LogP contribution in [0.5, 0.6) is 0 Å². The molecule has 0 aliphatic carbocycles. The third-order valence-corrected chi connectivity index (χ3v) is 2.36. The van der Waals surface area contributed by atoms with Crippen molar-refractivity contribution < 1.29 is 5.11 Å². The smallest absolute Gasteiger partial charge is 0.0528 e. The minimum absolute atomic E-state index is 0.220. The topological polar surface area (TPSA) is 23.5 Å². The maximum atomic E-state index is 9.17. The predicted octanol–water partition coefficient (Wildman–Crippen LogP) is 2.20. The Morgan fingerprint density at radius 2 is 1.86 bits per heavy atom. The van der Waals surface area contributed by atoms with Gasteiger partial charge in [-0.05, 0) is 32.4 Å². The number of anilines is 1. The second-order valence-corrected chi connectivity index (χ2v) is 3.89. The molecule has 0 aliphatic rings. The summed E-state index contributed by atoms with van der Waals surface area (Å²) in [4.78, 5) is 2.16. The monoisotopic (exact) mass is 193 g/mol. The van der Waals surface area contributed by atoms with Crippen LogP contribution in [0.4, 0.5) is 5.69 Å². The molecule has 0 saturated heterocycles. The van der Waals surface area contributed by atoms with Crippen LogP contribution < -0.4 is 4.90 Å². The maximum absolute atomic E-state index is 9.17. The lowest BCUT2D eigenvalue weighted by Crippen LogP contribution is -2.21. The van der Waals surface area contributed by atoms with E-state index in [9.17, 15) is 0 Å². The number of benzene rings is 1. The molecule has 2 nitrogen and oxygen atoms in total. The van der Waals surface area contributed by atoms with Crippen molar-refractivity contribution in [3.8, 4) is 0 Å². The van der Waals surface area contributed by atoms with E-state index in [1.807, 2.05) is 14.0 Å². The Hall–Kier alpha value is -1.02.